The number of aliphatic carboxylic acids is 1. The molecule has 0 spiro atoms. The molecular weight excluding hydrogens is 256 g/mol. The van der Waals surface area contributed by atoms with Crippen molar-refractivity contribution in [1.82, 2.24) is 0 Å². The monoisotopic (exact) mass is 273 g/mol. The Labute approximate surface area is 110 Å². The normalized spacial score (nSPS) is 41.7. The molecule has 0 radical (unpaired) electrons. The Morgan fingerprint density at radius 1 is 1.21 bits per heavy atom. The van der Waals surface area contributed by atoms with E-state index in [0.717, 1.165) is 0 Å². The molecule has 7 heteroatoms. The molecule has 1 heterocycles. The average molecular weight is 273 g/mol. The second kappa shape index (κ2) is 5.44. The van der Waals surface area contributed by atoms with Crippen LogP contribution < -0.4 is 5.11 Å². The highest BCUT2D eigenvalue weighted by Crippen LogP contribution is 2.42. The molecule has 6 atom stereocenters. The van der Waals surface area contributed by atoms with Gasteiger partial charge in [-0.15, -0.1) is 0 Å². The van der Waals surface area contributed by atoms with E-state index in [1.807, 2.05) is 0 Å². The summed E-state index contributed by atoms with van der Waals surface area (Å²) in [5.41, 5.74) is 0. The van der Waals surface area contributed by atoms with Gasteiger partial charge < -0.3 is 28.8 Å². The van der Waals surface area contributed by atoms with E-state index in [1.54, 1.807) is 0 Å². The fraction of sp³-hybridized carbons (Fsp3) is 0.833. The van der Waals surface area contributed by atoms with Crippen LogP contribution in [0.3, 0.4) is 0 Å². The van der Waals surface area contributed by atoms with E-state index < -0.39 is 42.1 Å². The zero-order valence-corrected chi connectivity index (χ0v) is 11.0. The van der Waals surface area contributed by atoms with Crippen molar-refractivity contribution in [2.45, 2.75) is 30.8 Å². The van der Waals surface area contributed by atoms with Gasteiger partial charge in [0.15, 0.2) is 0 Å². The number of methoxy groups -OCH3 is 3. The van der Waals surface area contributed by atoms with E-state index in [-0.39, 0.29) is 6.10 Å². The molecule has 1 aliphatic heterocycles. The molecule has 0 unspecified atom stereocenters. The molecule has 7 nitrogen and oxygen atoms in total. The topological polar surface area (TPSA) is 94.1 Å². The number of hydrogen-bond donors (Lipinski definition) is 0. The van der Waals surface area contributed by atoms with Gasteiger partial charge in [-0.25, -0.2) is 0 Å². The number of carbonyl (C=O) groups excluding carboxylic acids is 2. The van der Waals surface area contributed by atoms with E-state index >= 15 is 0 Å². The summed E-state index contributed by atoms with van der Waals surface area (Å²) in [6.07, 6.45) is -2.33. The number of esters is 1. The van der Waals surface area contributed by atoms with Gasteiger partial charge in [0.1, 0.15) is 12.2 Å². The van der Waals surface area contributed by atoms with Crippen LogP contribution in [-0.4, -0.2) is 57.7 Å². The van der Waals surface area contributed by atoms with Crippen molar-refractivity contribution in [2.24, 2.45) is 11.8 Å². The molecule has 0 aromatic carbocycles. The Hall–Kier alpha value is -1.18. The highest BCUT2D eigenvalue weighted by atomic mass is 16.6. The molecule has 108 valence electrons. The second-order valence-corrected chi connectivity index (χ2v) is 4.77. The van der Waals surface area contributed by atoms with E-state index in [1.165, 1.54) is 21.3 Å². The molecule has 19 heavy (non-hydrogen) atoms. The Morgan fingerprint density at radius 3 is 2.32 bits per heavy atom. The van der Waals surface area contributed by atoms with Gasteiger partial charge in [0, 0.05) is 27.2 Å². The smallest absolute Gasteiger partial charge is 0.310 e. The summed E-state index contributed by atoms with van der Waals surface area (Å²) < 4.78 is 20.9. The molecule has 2 aliphatic rings. The summed E-state index contributed by atoms with van der Waals surface area (Å²) in [5.74, 6) is -3.13. The van der Waals surface area contributed by atoms with Gasteiger partial charge in [0.25, 0.3) is 0 Å². The second-order valence-electron chi connectivity index (χ2n) is 4.77. The first-order valence-corrected chi connectivity index (χ1v) is 6.04. The molecule has 1 aliphatic carbocycles. The standard InChI is InChI=1S/C12H18O7/c1-16-6-4-5-7(9(18-3)8(6)17-2)10(11(13)14)19-12(5)15/h5-10H,4H2,1-3H3,(H,13,14)/p-1/t5-,6-,7-,8+,9-,10+/m0/s1. The Kier molecular flexibility index (Phi) is 4.07. The molecular formula is C12H17O7-. The molecule has 1 saturated carbocycles. The minimum atomic E-state index is -1.41. The lowest BCUT2D eigenvalue weighted by molar-refractivity contribution is -0.318. The predicted octanol–water partition coefficient (Wildman–Crippen LogP) is -1.66. The van der Waals surface area contributed by atoms with Crippen molar-refractivity contribution in [3.05, 3.63) is 0 Å². The minimum Gasteiger partial charge on any atom is -0.546 e. The predicted molar refractivity (Wildman–Crippen MR) is 58.9 cm³/mol. The summed E-state index contributed by atoms with van der Waals surface area (Å²) in [6, 6.07) is 0. The maximum absolute atomic E-state index is 11.8. The van der Waals surface area contributed by atoms with E-state index in [0.29, 0.717) is 6.42 Å². The van der Waals surface area contributed by atoms with Crippen molar-refractivity contribution in [3.63, 3.8) is 0 Å². The van der Waals surface area contributed by atoms with Crippen LogP contribution in [0.5, 0.6) is 0 Å². The molecule has 0 aromatic rings. The summed E-state index contributed by atoms with van der Waals surface area (Å²) in [7, 11) is 4.45. The van der Waals surface area contributed by atoms with Gasteiger partial charge in [-0.1, -0.05) is 0 Å². The lowest BCUT2D eigenvalue weighted by Crippen LogP contribution is -2.56. The fourth-order valence-corrected chi connectivity index (χ4v) is 3.14. The molecule has 1 saturated heterocycles. The number of hydrogen-bond acceptors (Lipinski definition) is 7. The van der Waals surface area contributed by atoms with Crippen LogP contribution in [0.4, 0.5) is 0 Å². The summed E-state index contributed by atoms with van der Waals surface area (Å²) in [4.78, 5) is 22.9. The molecule has 2 fully saturated rings. The first-order chi connectivity index (χ1) is 9.04. The SMILES string of the molecule is CO[C@@H]1[C@H](OC)[C@@H](OC)C[C@@H]2C(=O)O[C@@H](C(=O)[O-])[C@H]12. The maximum Gasteiger partial charge on any atom is 0.310 e. The van der Waals surface area contributed by atoms with Crippen molar-refractivity contribution in [2.75, 3.05) is 21.3 Å². The number of rotatable bonds is 4. The molecule has 0 N–H and O–H groups in total. The Balaban J connectivity index is 2.33. The van der Waals surface area contributed by atoms with Crippen LogP contribution in [0.2, 0.25) is 0 Å². The van der Waals surface area contributed by atoms with Gasteiger partial charge >= 0.3 is 5.97 Å². The van der Waals surface area contributed by atoms with Crippen LogP contribution in [0.25, 0.3) is 0 Å². The molecule has 2 rings (SSSR count). The van der Waals surface area contributed by atoms with Gasteiger partial charge in [-0.05, 0) is 6.42 Å². The summed E-state index contributed by atoms with van der Waals surface area (Å²) in [6.45, 7) is 0. The highest BCUT2D eigenvalue weighted by Gasteiger charge is 2.57. The van der Waals surface area contributed by atoms with Crippen LogP contribution in [0, 0.1) is 11.8 Å². The van der Waals surface area contributed by atoms with Crippen LogP contribution in [0.1, 0.15) is 6.42 Å². The van der Waals surface area contributed by atoms with Crippen molar-refractivity contribution < 1.29 is 33.6 Å². The van der Waals surface area contributed by atoms with Crippen molar-refractivity contribution >= 4 is 11.9 Å². The summed E-state index contributed by atoms with van der Waals surface area (Å²) in [5, 5.41) is 11.1. The largest absolute Gasteiger partial charge is 0.546 e. The lowest BCUT2D eigenvalue weighted by atomic mass is 9.73. The van der Waals surface area contributed by atoms with Crippen LogP contribution >= 0.6 is 0 Å². The zero-order valence-electron chi connectivity index (χ0n) is 11.0. The number of carboxylic acids is 1. The highest BCUT2D eigenvalue weighted by molar-refractivity contribution is 5.83. The summed E-state index contributed by atoms with van der Waals surface area (Å²) >= 11 is 0. The van der Waals surface area contributed by atoms with Gasteiger partial charge in [0.05, 0.1) is 24.1 Å². The number of cyclic esters (lactones) is 1. The molecule has 0 bridgehead atoms. The third kappa shape index (κ3) is 2.22. The number of fused-ring (bicyclic) bond motifs is 1. The number of ether oxygens (including phenoxy) is 4. The van der Waals surface area contributed by atoms with E-state index in [9.17, 15) is 14.7 Å². The van der Waals surface area contributed by atoms with Crippen LogP contribution in [-0.2, 0) is 28.5 Å². The van der Waals surface area contributed by atoms with Crippen molar-refractivity contribution in [1.29, 1.82) is 0 Å². The molecule has 0 aromatic heterocycles. The van der Waals surface area contributed by atoms with Gasteiger partial charge in [-0.3, -0.25) is 4.79 Å². The first-order valence-electron chi connectivity index (χ1n) is 6.04. The maximum atomic E-state index is 11.8. The van der Waals surface area contributed by atoms with Crippen LogP contribution in [0.15, 0.2) is 0 Å². The minimum absolute atomic E-state index is 0.343. The lowest BCUT2D eigenvalue weighted by Gasteiger charge is -2.42. The third-order valence-electron chi connectivity index (χ3n) is 4.00. The van der Waals surface area contributed by atoms with Crippen molar-refractivity contribution in [3.8, 4) is 0 Å². The quantitative estimate of drug-likeness (QED) is 0.566. The Morgan fingerprint density at radius 2 is 1.84 bits per heavy atom. The molecule has 0 amide bonds. The average Bonchev–Trinajstić information content (AvgIpc) is 2.73. The van der Waals surface area contributed by atoms with E-state index in [2.05, 4.69) is 0 Å². The fourth-order valence-electron chi connectivity index (χ4n) is 3.14. The zero-order chi connectivity index (χ0) is 14.2. The van der Waals surface area contributed by atoms with Gasteiger partial charge in [-0.2, -0.15) is 0 Å². The third-order valence-corrected chi connectivity index (χ3v) is 4.00. The number of carbonyl (C=O) groups is 2. The first kappa shape index (κ1) is 14.2. The van der Waals surface area contributed by atoms with E-state index in [4.69, 9.17) is 18.9 Å². The van der Waals surface area contributed by atoms with Gasteiger partial charge in [0.2, 0.25) is 0 Å². The number of carboxylic acid groups (broad SMARTS) is 1. The Bertz CT molecular complexity index is 369.